The summed E-state index contributed by atoms with van der Waals surface area (Å²) in [7, 11) is 5.16. The van der Waals surface area contributed by atoms with E-state index >= 15 is 0 Å². The number of hydrogen-bond donors (Lipinski definition) is 2. The molecule has 0 fully saturated rings. The van der Waals surface area contributed by atoms with E-state index in [0.717, 1.165) is 5.69 Å². The molecule has 0 aromatic heterocycles. The van der Waals surface area contributed by atoms with Gasteiger partial charge in [0.15, 0.2) is 0 Å². The van der Waals surface area contributed by atoms with Crippen molar-refractivity contribution in [1.29, 1.82) is 0 Å². The Bertz CT molecular complexity index is 420. The fourth-order valence-electron chi connectivity index (χ4n) is 1.59. The highest BCUT2D eigenvalue weighted by atomic mass is 35.5. The Hall–Kier alpha value is -1.30. The van der Waals surface area contributed by atoms with Crippen molar-refractivity contribution in [3.05, 3.63) is 23.2 Å². The van der Waals surface area contributed by atoms with Gasteiger partial charge in [-0.05, 0) is 12.1 Å². The lowest BCUT2D eigenvalue weighted by Gasteiger charge is -2.21. The fraction of sp³-hybridized carbons (Fsp3) is 0.417. The fourth-order valence-corrected chi connectivity index (χ4v) is 1.94. The Labute approximate surface area is 112 Å². The van der Waals surface area contributed by atoms with E-state index in [1.54, 1.807) is 18.2 Å². The summed E-state index contributed by atoms with van der Waals surface area (Å²) in [5.41, 5.74) is 6.83. The molecular weight excluding hydrogens is 254 g/mol. The van der Waals surface area contributed by atoms with Crippen molar-refractivity contribution in [2.75, 3.05) is 38.0 Å². The number of amides is 1. The number of nitrogens with zero attached hydrogens (tertiary/aromatic N) is 1. The van der Waals surface area contributed by atoms with Crippen LogP contribution >= 0.6 is 11.6 Å². The molecule has 0 heterocycles. The molecular formula is C12H18ClN3O2. The number of halogens is 1. The molecule has 5 nitrogen and oxygen atoms in total. The molecule has 0 saturated heterocycles. The topological polar surface area (TPSA) is 67.6 Å². The van der Waals surface area contributed by atoms with Crippen molar-refractivity contribution in [1.82, 2.24) is 0 Å². The molecule has 0 aliphatic rings. The van der Waals surface area contributed by atoms with E-state index in [4.69, 9.17) is 22.1 Å². The lowest BCUT2D eigenvalue weighted by atomic mass is 10.2. The minimum atomic E-state index is -0.668. The summed E-state index contributed by atoms with van der Waals surface area (Å²) < 4.78 is 4.98. The Morgan fingerprint density at radius 3 is 2.72 bits per heavy atom. The van der Waals surface area contributed by atoms with E-state index in [1.807, 2.05) is 19.0 Å². The molecule has 1 atom stereocenters. The summed E-state index contributed by atoms with van der Waals surface area (Å²) in [5.74, 6) is -0.287. The van der Waals surface area contributed by atoms with E-state index in [0.29, 0.717) is 10.7 Å². The van der Waals surface area contributed by atoms with Crippen LogP contribution < -0.4 is 16.0 Å². The number of para-hydroxylation sites is 1. The summed E-state index contributed by atoms with van der Waals surface area (Å²) in [6.07, 6.45) is -0.668. The molecule has 0 aliphatic heterocycles. The maximum absolute atomic E-state index is 11.9. The van der Waals surface area contributed by atoms with Crippen LogP contribution in [0.1, 0.15) is 0 Å². The van der Waals surface area contributed by atoms with E-state index in [-0.39, 0.29) is 12.5 Å². The van der Waals surface area contributed by atoms with Gasteiger partial charge in [0.05, 0.1) is 16.4 Å². The molecule has 1 aromatic carbocycles. The van der Waals surface area contributed by atoms with Gasteiger partial charge in [0, 0.05) is 27.7 Å². The number of rotatable bonds is 5. The zero-order valence-electron chi connectivity index (χ0n) is 10.7. The molecule has 0 radical (unpaired) electrons. The van der Waals surface area contributed by atoms with Crippen molar-refractivity contribution in [3.63, 3.8) is 0 Å². The van der Waals surface area contributed by atoms with Gasteiger partial charge in [-0.1, -0.05) is 17.7 Å². The van der Waals surface area contributed by atoms with Gasteiger partial charge >= 0.3 is 0 Å². The van der Waals surface area contributed by atoms with Gasteiger partial charge in [-0.2, -0.15) is 0 Å². The van der Waals surface area contributed by atoms with Crippen LogP contribution in [-0.2, 0) is 9.53 Å². The van der Waals surface area contributed by atoms with Gasteiger partial charge < -0.3 is 20.7 Å². The van der Waals surface area contributed by atoms with Gasteiger partial charge in [-0.3, -0.25) is 4.79 Å². The summed E-state index contributed by atoms with van der Waals surface area (Å²) in [6.45, 7) is 0.125. The number of carbonyl (C=O) groups excluding carboxylic acids is 1. The molecule has 1 unspecified atom stereocenters. The van der Waals surface area contributed by atoms with Crippen LogP contribution in [-0.4, -0.2) is 39.8 Å². The first kappa shape index (κ1) is 14.8. The Kier molecular flexibility index (Phi) is 5.40. The molecule has 3 N–H and O–H groups in total. The SMILES string of the molecule is COC(CN)C(=O)Nc1cccc(Cl)c1N(C)C. The second kappa shape index (κ2) is 6.58. The van der Waals surface area contributed by atoms with Gasteiger partial charge in [0.25, 0.3) is 5.91 Å². The van der Waals surface area contributed by atoms with Crippen molar-refractivity contribution in [2.24, 2.45) is 5.73 Å². The van der Waals surface area contributed by atoms with Crippen LogP contribution in [0.4, 0.5) is 11.4 Å². The smallest absolute Gasteiger partial charge is 0.254 e. The molecule has 0 spiro atoms. The number of methoxy groups -OCH3 is 1. The lowest BCUT2D eigenvalue weighted by Crippen LogP contribution is -2.36. The predicted octanol–water partition coefficient (Wildman–Crippen LogP) is 1.32. The molecule has 1 rings (SSSR count). The summed E-state index contributed by atoms with van der Waals surface area (Å²) in [4.78, 5) is 13.7. The van der Waals surface area contributed by atoms with E-state index in [9.17, 15) is 4.79 Å². The average molecular weight is 272 g/mol. The molecule has 1 amide bonds. The average Bonchev–Trinajstić information content (AvgIpc) is 2.30. The largest absolute Gasteiger partial charge is 0.375 e. The zero-order valence-corrected chi connectivity index (χ0v) is 11.5. The predicted molar refractivity (Wildman–Crippen MR) is 74.3 cm³/mol. The number of nitrogens with one attached hydrogen (secondary N) is 1. The Morgan fingerprint density at radius 1 is 1.56 bits per heavy atom. The second-order valence-corrected chi connectivity index (χ2v) is 4.39. The molecule has 6 heteroatoms. The standard InChI is InChI=1S/C12H18ClN3O2/c1-16(2)11-8(13)5-4-6-9(11)15-12(17)10(7-14)18-3/h4-6,10H,7,14H2,1-3H3,(H,15,17). The number of hydrogen-bond acceptors (Lipinski definition) is 4. The van der Waals surface area contributed by atoms with E-state index < -0.39 is 6.10 Å². The van der Waals surface area contributed by atoms with Crippen molar-refractivity contribution in [2.45, 2.75) is 6.10 Å². The monoisotopic (exact) mass is 271 g/mol. The highest BCUT2D eigenvalue weighted by Crippen LogP contribution is 2.32. The third-order valence-corrected chi connectivity index (χ3v) is 2.79. The summed E-state index contributed by atoms with van der Waals surface area (Å²) in [6, 6.07) is 5.32. The Morgan fingerprint density at radius 2 is 2.22 bits per heavy atom. The quantitative estimate of drug-likeness (QED) is 0.848. The van der Waals surface area contributed by atoms with Crippen LogP contribution in [0.25, 0.3) is 0 Å². The Balaban J connectivity index is 2.97. The normalized spacial score (nSPS) is 12.1. The number of benzene rings is 1. The highest BCUT2D eigenvalue weighted by molar-refractivity contribution is 6.34. The molecule has 100 valence electrons. The van der Waals surface area contributed by atoms with Gasteiger partial charge in [-0.25, -0.2) is 0 Å². The van der Waals surface area contributed by atoms with Crippen molar-refractivity contribution >= 4 is 28.9 Å². The van der Waals surface area contributed by atoms with Crippen molar-refractivity contribution < 1.29 is 9.53 Å². The van der Waals surface area contributed by atoms with Crippen LogP contribution in [0, 0.1) is 0 Å². The molecule has 1 aromatic rings. The number of ether oxygens (including phenoxy) is 1. The third kappa shape index (κ3) is 3.35. The van der Waals surface area contributed by atoms with Gasteiger partial charge in [-0.15, -0.1) is 0 Å². The van der Waals surface area contributed by atoms with E-state index in [2.05, 4.69) is 5.32 Å². The van der Waals surface area contributed by atoms with Crippen LogP contribution in [0.15, 0.2) is 18.2 Å². The van der Waals surface area contributed by atoms with E-state index in [1.165, 1.54) is 7.11 Å². The first-order valence-corrected chi connectivity index (χ1v) is 5.88. The van der Waals surface area contributed by atoms with Gasteiger partial charge in [0.2, 0.25) is 0 Å². The van der Waals surface area contributed by atoms with Crippen LogP contribution in [0.3, 0.4) is 0 Å². The maximum Gasteiger partial charge on any atom is 0.254 e. The minimum Gasteiger partial charge on any atom is -0.375 e. The summed E-state index contributed by atoms with van der Waals surface area (Å²) >= 11 is 6.11. The first-order valence-electron chi connectivity index (χ1n) is 5.50. The number of nitrogens with two attached hydrogens (primary N) is 1. The lowest BCUT2D eigenvalue weighted by molar-refractivity contribution is -0.125. The molecule has 18 heavy (non-hydrogen) atoms. The molecule has 0 bridgehead atoms. The van der Waals surface area contributed by atoms with Gasteiger partial charge in [0.1, 0.15) is 6.10 Å². The van der Waals surface area contributed by atoms with Crippen LogP contribution in [0.5, 0.6) is 0 Å². The van der Waals surface area contributed by atoms with Crippen LogP contribution in [0.2, 0.25) is 5.02 Å². The highest BCUT2D eigenvalue weighted by Gasteiger charge is 2.18. The number of carbonyl (C=O) groups is 1. The minimum absolute atomic E-state index is 0.125. The molecule has 0 saturated carbocycles. The molecule has 0 aliphatic carbocycles. The first-order chi connectivity index (χ1) is 8.51. The second-order valence-electron chi connectivity index (χ2n) is 3.98. The van der Waals surface area contributed by atoms with Crippen molar-refractivity contribution in [3.8, 4) is 0 Å². The third-order valence-electron chi connectivity index (χ3n) is 2.48. The number of anilines is 2. The summed E-state index contributed by atoms with van der Waals surface area (Å²) in [5, 5.41) is 3.33. The maximum atomic E-state index is 11.9. The zero-order chi connectivity index (χ0) is 13.7.